The monoisotopic (exact) mass is 215 g/mol. The smallest absolute Gasteiger partial charge is 0.314 e. The number of carbonyl (C=O) groups excluding carboxylic acids is 1. The summed E-state index contributed by atoms with van der Waals surface area (Å²) in [5.41, 5.74) is 2.30. The highest BCUT2D eigenvalue weighted by molar-refractivity contribution is 5.79. The van der Waals surface area contributed by atoms with Gasteiger partial charge in [0, 0.05) is 0 Å². The summed E-state index contributed by atoms with van der Waals surface area (Å²) in [5.74, 6) is -0.452. The second-order valence-electron chi connectivity index (χ2n) is 3.91. The lowest BCUT2D eigenvalue weighted by Gasteiger charge is -2.23. The first-order valence-corrected chi connectivity index (χ1v) is 5.44. The Morgan fingerprint density at radius 2 is 2.31 bits per heavy atom. The van der Waals surface area contributed by atoms with Crippen LogP contribution in [0, 0.1) is 11.3 Å². The maximum absolute atomic E-state index is 11.7. The van der Waals surface area contributed by atoms with Gasteiger partial charge in [0.05, 0.1) is 5.92 Å². The Hall–Kier alpha value is -1.82. The molecule has 0 fully saturated rings. The van der Waals surface area contributed by atoms with E-state index in [1.165, 1.54) is 5.56 Å². The van der Waals surface area contributed by atoms with E-state index in [4.69, 9.17) is 10.00 Å². The molecular formula is C13H13NO2. The van der Waals surface area contributed by atoms with E-state index < -0.39 is 0 Å². The topological polar surface area (TPSA) is 50.1 Å². The first-order valence-electron chi connectivity index (χ1n) is 5.44. The number of nitriles is 1. The zero-order chi connectivity index (χ0) is 11.4. The molecule has 0 amide bonds. The van der Waals surface area contributed by atoms with Crippen LogP contribution in [0.1, 0.15) is 29.9 Å². The van der Waals surface area contributed by atoms with E-state index >= 15 is 0 Å². The second kappa shape index (κ2) is 4.80. The quantitative estimate of drug-likeness (QED) is 0.710. The molecule has 0 heterocycles. The van der Waals surface area contributed by atoms with Crippen molar-refractivity contribution >= 4 is 5.97 Å². The molecular weight excluding hydrogens is 202 g/mol. The lowest BCUT2D eigenvalue weighted by molar-refractivity contribution is -0.144. The Balaban J connectivity index is 2.19. The standard InChI is InChI=1S/C13H13NO2/c14-8-9-16-13(15)12-7-3-5-10-4-1-2-6-11(10)12/h1-2,4,6,12H,3,5,7,9H2. The van der Waals surface area contributed by atoms with Gasteiger partial charge in [-0.15, -0.1) is 0 Å². The molecule has 0 aliphatic heterocycles. The molecule has 2 rings (SSSR count). The van der Waals surface area contributed by atoms with Gasteiger partial charge in [0.25, 0.3) is 0 Å². The SMILES string of the molecule is N#CCOC(=O)C1CCCc2ccccc21. The number of rotatable bonds is 2. The molecule has 0 spiro atoms. The Morgan fingerprint density at radius 1 is 1.50 bits per heavy atom. The highest BCUT2D eigenvalue weighted by atomic mass is 16.5. The van der Waals surface area contributed by atoms with Gasteiger partial charge in [-0.3, -0.25) is 4.79 Å². The first-order chi connectivity index (χ1) is 7.83. The largest absolute Gasteiger partial charge is 0.450 e. The molecule has 1 aromatic rings. The minimum Gasteiger partial charge on any atom is -0.450 e. The molecule has 1 aliphatic rings. The fraction of sp³-hybridized carbons (Fsp3) is 0.385. The van der Waals surface area contributed by atoms with Crippen LogP contribution in [0.4, 0.5) is 0 Å². The summed E-state index contributed by atoms with van der Waals surface area (Å²) in [7, 11) is 0. The van der Waals surface area contributed by atoms with Gasteiger partial charge in [0.15, 0.2) is 6.61 Å². The summed E-state index contributed by atoms with van der Waals surface area (Å²) in [6.07, 6.45) is 2.85. The Kier molecular flexibility index (Phi) is 3.21. The number of carbonyl (C=O) groups is 1. The number of hydrogen-bond acceptors (Lipinski definition) is 3. The fourth-order valence-electron chi connectivity index (χ4n) is 2.20. The molecule has 1 aliphatic carbocycles. The van der Waals surface area contributed by atoms with E-state index in [1.54, 1.807) is 0 Å². The van der Waals surface area contributed by atoms with Crippen LogP contribution in [-0.2, 0) is 16.0 Å². The summed E-state index contributed by atoms with van der Waals surface area (Å²) in [6, 6.07) is 9.78. The van der Waals surface area contributed by atoms with Gasteiger partial charge in [-0.1, -0.05) is 24.3 Å². The number of fused-ring (bicyclic) bond motifs is 1. The van der Waals surface area contributed by atoms with E-state index in [0.717, 1.165) is 24.8 Å². The van der Waals surface area contributed by atoms with Crippen LogP contribution in [0.5, 0.6) is 0 Å². The van der Waals surface area contributed by atoms with Crippen molar-refractivity contribution in [1.82, 2.24) is 0 Å². The van der Waals surface area contributed by atoms with E-state index in [1.807, 2.05) is 24.3 Å². The lowest BCUT2D eigenvalue weighted by atomic mass is 9.83. The van der Waals surface area contributed by atoms with E-state index in [9.17, 15) is 4.79 Å². The Morgan fingerprint density at radius 3 is 3.12 bits per heavy atom. The molecule has 0 radical (unpaired) electrons. The van der Waals surface area contributed by atoms with Crippen LogP contribution in [0.3, 0.4) is 0 Å². The third-order valence-electron chi connectivity index (χ3n) is 2.93. The summed E-state index contributed by atoms with van der Waals surface area (Å²) >= 11 is 0. The van der Waals surface area contributed by atoms with Gasteiger partial charge in [-0.05, 0) is 30.4 Å². The summed E-state index contributed by atoms with van der Waals surface area (Å²) in [6.45, 7) is -0.155. The molecule has 3 nitrogen and oxygen atoms in total. The predicted octanol–water partition coefficient (Wildman–Crippen LogP) is 2.17. The highest BCUT2D eigenvalue weighted by Gasteiger charge is 2.27. The third kappa shape index (κ3) is 2.06. The fourth-order valence-corrected chi connectivity index (χ4v) is 2.20. The molecule has 1 aromatic carbocycles. The normalized spacial score (nSPS) is 18.3. The van der Waals surface area contributed by atoms with Gasteiger partial charge >= 0.3 is 5.97 Å². The minimum atomic E-state index is -0.270. The van der Waals surface area contributed by atoms with E-state index in [-0.39, 0.29) is 18.5 Å². The molecule has 0 bridgehead atoms. The number of ether oxygens (including phenoxy) is 1. The van der Waals surface area contributed by atoms with Crippen LogP contribution < -0.4 is 0 Å². The summed E-state index contributed by atoms with van der Waals surface area (Å²) in [4.78, 5) is 11.7. The lowest BCUT2D eigenvalue weighted by Crippen LogP contribution is -2.20. The van der Waals surface area contributed by atoms with Gasteiger partial charge in [0.1, 0.15) is 6.07 Å². The van der Waals surface area contributed by atoms with Crippen molar-refractivity contribution < 1.29 is 9.53 Å². The molecule has 1 atom stereocenters. The van der Waals surface area contributed by atoms with Crippen LogP contribution in [0.15, 0.2) is 24.3 Å². The molecule has 0 saturated heterocycles. The molecule has 0 saturated carbocycles. The van der Waals surface area contributed by atoms with Crippen molar-refractivity contribution in [1.29, 1.82) is 5.26 Å². The number of hydrogen-bond donors (Lipinski definition) is 0. The second-order valence-corrected chi connectivity index (χ2v) is 3.91. The summed E-state index contributed by atoms with van der Waals surface area (Å²) < 4.78 is 4.89. The third-order valence-corrected chi connectivity index (χ3v) is 2.93. The molecule has 1 unspecified atom stereocenters. The van der Waals surface area contributed by atoms with Crippen molar-refractivity contribution in [2.75, 3.05) is 6.61 Å². The number of nitrogens with zero attached hydrogens (tertiary/aromatic N) is 1. The minimum absolute atomic E-state index is 0.155. The zero-order valence-electron chi connectivity index (χ0n) is 8.98. The van der Waals surface area contributed by atoms with Crippen molar-refractivity contribution in [3.8, 4) is 6.07 Å². The molecule has 16 heavy (non-hydrogen) atoms. The Bertz CT molecular complexity index is 434. The van der Waals surface area contributed by atoms with Crippen molar-refractivity contribution in [2.24, 2.45) is 0 Å². The summed E-state index contributed by atoms with van der Waals surface area (Å²) in [5, 5.41) is 8.38. The van der Waals surface area contributed by atoms with Gasteiger partial charge < -0.3 is 4.74 Å². The van der Waals surface area contributed by atoms with E-state index in [2.05, 4.69) is 6.07 Å². The van der Waals surface area contributed by atoms with Crippen molar-refractivity contribution in [2.45, 2.75) is 25.2 Å². The van der Waals surface area contributed by atoms with Gasteiger partial charge in [-0.25, -0.2) is 0 Å². The van der Waals surface area contributed by atoms with Crippen LogP contribution in [0.2, 0.25) is 0 Å². The van der Waals surface area contributed by atoms with Crippen molar-refractivity contribution in [3.05, 3.63) is 35.4 Å². The highest BCUT2D eigenvalue weighted by Crippen LogP contribution is 2.32. The maximum atomic E-state index is 11.7. The maximum Gasteiger partial charge on any atom is 0.314 e. The van der Waals surface area contributed by atoms with Gasteiger partial charge in [0.2, 0.25) is 0 Å². The van der Waals surface area contributed by atoms with Crippen LogP contribution in [0.25, 0.3) is 0 Å². The predicted molar refractivity (Wildman–Crippen MR) is 58.7 cm³/mol. The van der Waals surface area contributed by atoms with Crippen LogP contribution in [-0.4, -0.2) is 12.6 Å². The van der Waals surface area contributed by atoms with Crippen molar-refractivity contribution in [3.63, 3.8) is 0 Å². The molecule has 0 aromatic heterocycles. The molecule has 0 N–H and O–H groups in total. The zero-order valence-corrected chi connectivity index (χ0v) is 8.98. The number of esters is 1. The molecule has 82 valence electrons. The Labute approximate surface area is 94.6 Å². The van der Waals surface area contributed by atoms with Crippen LogP contribution >= 0.6 is 0 Å². The van der Waals surface area contributed by atoms with E-state index in [0.29, 0.717) is 0 Å². The molecule has 3 heteroatoms. The number of aryl methyl sites for hydroxylation is 1. The number of benzene rings is 1. The first kappa shape index (κ1) is 10.7. The van der Waals surface area contributed by atoms with Gasteiger partial charge in [-0.2, -0.15) is 5.26 Å². The average molecular weight is 215 g/mol. The average Bonchev–Trinajstić information content (AvgIpc) is 2.35.